The number of carbonyl (C=O) groups is 2. The number of aliphatic hydroxyl groups excluding tert-OH is 5. The first-order valence-electron chi connectivity index (χ1n) is 18.8. The largest absolute Gasteiger partial charge is 0.396 e. The van der Waals surface area contributed by atoms with E-state index in [-0.39, 0.29) is 60.3 Å². The van der Waals surface area contributed by atoms with Crippen LogP contribution in [0.25, 0.3) is 0 Å². The number of fused-ring (bicyclic) bond motifs is 3. The van der Waals surface area contributed by atoms with Crippen molar-refractivity contribution in [3.8, 4) is 0 Å². The van der Waals surface area contributed by atoms with Crippen LogP contribution in [0.3, 0.4) is 0 Å². The first-order chi connectivity index (χ1) is 24.4. The smallest absolute Gasteiger partial charge is 0.188 e. The van der Waals surface area contributed by atoms with Gasteiger partial charge in [0.15, 0.2) is 12.2 Å². The van der Waals surface area contributed by atoms with E-state index in [4.69, 9.17) is 25.7 Å². The minimum atomic E-state index is -2.00. The van der Waals surface area contributed by atoms with Crippen LogP contribution in [0.1, 0.15) is 57.8 Å². The number of aliphatic hydroxyl groups is 6. The van der Waals surface area contributed by atoms with Gasteiger partial charge in [0.05, 0.1) is 42.9 Å². The maximum Gasteiger partial charge on any atom is 0.188 e. The molecule has 0 aromatic rings. The highest BCUT2D eigenvalue weighted by atomic mass is 16.7. The third-order valence-electron chi connectivity index (χ3n) is 13.4. The lowest BCUT2D eigenvalue weighted by Gasteiger charge is -2.56. The summed E-state index contributed by atoms with van der Waals surface area (Å²) in [7, 11) is 3.01. The van der Waals surface area contributed by atoms with Gasteiger partial charge in [-0.2, -0.15) is 0 Å². The summed E-state index contributed by atoms with van der Waals surface area (Å²) in [6, 6.07) is -0.238. The molecule has 6 rings (SSSR count). The van der Waals surface area contributed by atoms with Crippen molar-refractivity contribution in [2.45, 2.75) is 119 Å². The fourth-order valence-electron chi connectivity index (χ4n) is 10.8. The number of aliphatic imine (C=N–C) groups is 1. The Morgan fingerprint density at radius 3 is 2.45 bits per heavy atom. The fourth-order valence-corrected chi connectivity index (χ4v) is 10.8. The highest BCUT2D eigenvalue weighted by Crippen LogP contribution is 2.54. The number of hydrogen-bond acceptors (Lipinski definition) is 14. The molecule has 6 aliphatic rings. The van der Waals surface area contributed by atoms with Crippen molar-refractivity contribution in [1.82, 2.24) is 10.6 Å². The van der Waals surface area contributed by atoms with Crippen molar-refractivity contribution < 1.29 is 54.4 Å². The lowest BCUT2D eigenvalue weighted by molar-refractivity contribution is -0.347. The van der Waals surface area contributed by atoms with Crippen LogP contribution in [0.2, 0.25) is 0 Å². The van der Waals surface area contributed by atoms with Crippen LogP contribution in [0, 0.1) is 47.3 Å². The third-order valence-corrected chi connectivity index (χ3v) is 13.4. The van der Waals surface area contributed by atoms with E-state index in [1.54, 1.807) is 7.05 Å². The van der Waals surface area contributed by atoms with Gasteiger partial charge < -0.3 is 67.0 Å². The fraction of sp³-hybridized carbons (Fsp3) is 0.914. The van der Waals surface area contributed by atoms with E-state index in [2.05, 4.69) is 15.6 Å². The Morgan fingerprint density at radius 1 is 1.02 bits per heavy atom. The summed E-state index contributed by atoms with van der Waals surface area (Å²) in [6.07, 6.45) is -4.73. The standard InChI is InChI=1S/C35H59N5O11/c1-38-34(37)40-19-5-3-4-16-11-17-26(29(44)24(16)19)30(45)27-21(12-20(49-2)18(13-41)25(27)28(17)43)50-33-31(46)32(47)35(48,22(14-42)51-33)8-6-15-7-9-39-23(36)10-15/h15-27,29,31-33,39,41-42,44,46-48H,3-14,36H2,1-2H3,(H3,37,38,40)/t15?,16?,17?,18?,19?,20?,21?,22-,23?,24?,25?,26?,27?,29?,31-,32-,33+,35-/m1/s1. The number of ether oxygens (including phenoxy) is 3. The van der Waals surface area contributed by atoms with Gasteiger partial charge >= 0.3 is 0 Å². The quantitative estimate of drug-likeness (QED) is 0.0858. The lowest BCUT2D eigenvalue weighted by atomic mass is 9.50. The number of ketones is 2. The zero-order chi connectivity index (χ0) is 36.8. The number of rotatable bonds is 9. The minimum absolute atomic E-state index is 0.0279. The molecule has 18 atom stereocenters. The third kappa shape index (κ3) is 7.11. The SMILES string of the molecule is CN=C(N)NC1CCCC2CC3C(=O)C4C(CO)C(OC)CC(O[C@H]5O[C@H](CO)[C@](O)(CCC6CCNC(N)C6)[C@H](O)[C@H]5O)C4C(=O)C3C(O)C21. The van der Waals surface area contributed by atoms with E-state index < -0.39 is 91.3 Å². The molecule has 13 unspecified atom stereocenters. The monoisotopic (exact) mass is 725 g/mol. The minimum Gasteiger partial charge on any atom is -0.396 e. The number of nitrogens with zero attached hydrogens (tertiary/aromatic N) is 1. The second kappa shape index (κ2) is 15.9. The number of nitrogens with one attached hydrogen (secondary N) is 2. The Kier molecular flexibility index (Phi) is 12.1. The van der Waals surface area contributed by atoms with Gasteiger partial charge in [-0.1, -0.05) is 6.42 Å². The van der Waals surface area contributed by atoms with Gasteiger partial charge in [-0.05, 0) is 63.3 Å². The molecular weight excluding hydrogens is 666 g/mol. The van der Waals surface area contributed by atoms with Crippen LogP contribution in [0.15, 0.2) is 4.99 Å². The van der Waals surface area contributed by atoms with Crippen LogP contribution in [-0.2, 0) is 23.8 Å². The van der Waals surface area contributed by atoms with Gasteiger partial charge in [0, 0.05) is 56.9 Å². The molecule has 0 spiro atoms. The lowest BCUT2D eigenvalue weighted by Crippen LogP contribution is -2.69. The van der Waals surface area contributed by atoms with E-state index in [1.165, 1.54) is 7.11 Å². The number of guanidine groups is 1. The highest BCUT2D eigenvalue weighted by Gasteiger charge is 2.64. The van der Waals surface area contributed by atoms with Crippen molar-refractivity contribution in [3.63, 3.8) is 0 Å². The Hall–Kier alpha value is -1.83. The second-order valence-corrected chi connectivity index (χ2v) is 16.0. The summed E-state index contributed by atoms with van der Waals surface area (Å²) in [6.45, 7) is -0.383. The predicted octanol–water partition coefficient (Wildman–Crippen LogP) is -2.67. The second-order valence-electron chi connectivity index (χ2n) is 16.0. The molecule has 0 aromatic carbocycles. The van der Waals surface area contributed by atoms with Crippen molar-refractivity contribution in [1.29, 1.82) is 0 Å². The molecule has 2 aliphatic heterocycles. The van der Waals surface area contributed by atoms with E-state index in [9.17, 15) is 40.2 Å². The van der Waals surface area contributed by atoms with Crippen molar-refractivity contribution in [2.75, 3.05) is 33.9 Å². The maximum absolute atomic E-state index is 14.7. The molecular formula is C35H59N5O11. The first kappa shape index (κ1) is 38.9. The molecule has 4 saturated carbocycles. The summed E-state index contributed by atoms with van der Waals surface area (Å²) >= 11 is 0. The Labute approximate surface area is 298 Å². The number of Topliss-reactive ketones (excluding diaryl/α,β-unsaturated/α-hetero) is 2. The van der Waals surface area contributed by atoms with Crippen LogP contribution in [-0.4, -0.2) is 143 Å². The van der Waals surface area contributed by atoms with E-state index in [0.717, 1.165) is 32.2 Å². The molecule has 4 aliphatic carbocycles. The topological polar surface area (TPSA) is 272 Å². The number of carbonyl (C=O) groups excluding carboxylic acids is 2. The Balaban J connectivity index is 1.25. The average molecular weight is 726 g/mol. The van der Waals surface area contributed by atoms with Gasteiger partial charge in [0.1, 0.15) is 35.5 Å². The molecule has 0 radical (unpaired) electrons. The summed E-state index contributed by atoms with van der Waals surface area (Å²) in [5.41, 5.74) is 10.1. The Morgan fingerprint density at radius 2 is 1.78 bits per heavy atom. The zero-order valence-electron chi connectivity index (χ0n) is 29.6. The molecule has 0 amide bonds. The molecule has 51 heavy (non-hydrogen) atoms. The molecule has 12 N–H and O–H groups in total. The van der Waals surface area contributed by atoms with Gasteiger partial charge in [0.25, 0.3) is 0 Å². The normalized spacial score (nSPS) is 49.1. The van der Waals surface area contributed by atoms with Gasteiger partial charge in [0.2, 0.25) is 0 Å². The van der Waals surface area contributed by atoms with Crippen molar-refractivity contribution in [3.05, 3.63) is 0 Å². The molecule has 2 saturated heterocycles. The zero-order valence-corrected chi connectivity index (χ0v) is 29.6. The Bertz CT molecular complexity index is 1270. The maximum atomic E-state index is 14.7. The first-order valence-corrected chi connectivity index (χ1v) is 18.8. The van der Waals surface area contributed by atoms with E-state index >= 15 is 0 Å². The number of methoxy groups -OCH3 is 1. The summed E-state index contributed by atoms with van der Waals surface area (Å²) in [5.74, 6) is -5.16. The number of piperidine rings is 1. The summed E-state index contributed by atoms with van der Waals surface area (Å²) < 4.78 is 18.1. The van der Waals surface area contributed by atoms with Crippen molar-refractivity contribution >= 4 is 17.5 Å². The number of nitrogens with two attached hydrogens (primary N) is 2. The summed E-state index contributed by atoms with van der Waals surface area (Å²) in [5, 5.41) is 73.6. The van der Waals surface area contributed by atoms with Gasteiger partial charge in [-0.25, -0.2) is 0 Å². The van der Waals surface area contributed by atoms with E-state index in [1.807, 2.05) is 0 Å². The van der Waals surface area contributed by atoms with Crippen LogP contribution in [0.4, 0.5) is 0 Å². The number of hydrogen-bond donors (Lipinski definition) is 10. The molecule has 16 heteroatoms. The molecule has 2 heterocycles. The van der Waals surface area contributed by atoms with Crippen molar-refractivity contribution in [2.24, 2.45) is 63.8 Å². The van der Waals surface area contributed by atoms with Gasteiger partial charge in [-0.3, -0.25) is 14.6 Å². The van der Waals surface area contributed by atoms with Gasteiger partial charge in [-0.15, -0.1) is 0 Å². The molecule has 290 valence electrons. The molecule has 16 nitrogen and oxygen atoms in total. The average Bonchev–Trinajstić information content (AvgIpc) is 3.12. The molecule has 0 bridgehead atoms. The van der Waals surface area contributed by atoms with E-state index in [0.29, 0.717) is 19.3 Å². The highest BCUT2D eigenvalue weighted by molar-refractivity contribution is 6.01. The van der Waals surface area contributed by atoms with Crippen LogP contribution in [0.5, 0.6) is 0 Å². The van der Waals surface area contributed by atoms with Crippen LogP contribution < -0.4 is 22.1 Å². The molecule has 0 aromatic heterocycles. The van der Waals surface area contributed by atoms with Crippen LogP contribution >= 0.6 is 0 Å². The molecule has 6 fully saturated rings. The summed E-state index contributed by atoms with van der Waals surface area (Å²) in [4.78, 5) is 33.2. The predicted molar refractivity (Wildman–Crippen MR) is 181 cm³/mol.